The van der Waals surface area contributed by atoms with Crippen LogP contribution < -0.4 is 11.1 Å². The molecule has 108 valence electrons. The Balaban J connectivity index is 2.57. The average Bonchev–Trinajstić information content (AvgIpc) is 2.32. The predicted molar refractivity (Wildman–Crippen MR) is 65.4 cm³/mol. The largest absolute Gasteiger partial charge is 0.433 e. The molecule has 1 unspecified atom stereocenters. The van der Waals surface area contributed by atoms with E-state index in [9.17, 15) is 13.2 Å². The van der Waals surface area contributed by atoms with Gasteiger partial charge < -0.3 is 16.2 Å². The van der Waals surface area contributed by atoms with E-state index in [0.717, 1.165) is 12.5 Å². The molecule has 0 saturated carbocycles. The number of hydrogen-bond acceptors (Lipinski definition) is 5. The van der Waals surface area contributed by atoms with Crippen LogP contribution in [0.2, 0.25) is 0 Å². The number of alkyl halides is 3. The summed E-state index contributed by atoms with van der Waals surface area (Å²) in [6, 6.07) is 0.825. The Morgan fingerprint density at radius 1 is 1.42 bits per heavy atom. The fourth-order valence-electron chi connectivity index (χ4n) is 1.46. The monoisotopic (exact) mass is 278 g/mol. The highest BCUT2D eigenvalue weighted by Gasteiger charge is 2.33. The molecular weight excluding hydrogens is 261 g/mol. The summed E-state index contributed by atoms with van der Waals surface area (Å²) in [6.45, 7) is 2.45. The van der Waals surface area contributed by atoms with Crippen molar-refractivity contribution in [2.24, 2.45) is 5.92 Å². The van der Waals surface area contributed by atoms with Crippen molar-refractivity contribution in [2.75, 3.05) is 24.2 Å². The summed E-state index contributed by atoms with van der Waals surface area (Å²) < 4.78 is 37.5. The summed E-state index contributed by atoms with van der Waals surface area (Å²) >= 11 is 0. The van der Waals surface area contributed by atoms with E-state index < -0.39 is 17.8 Å². The van der Waals surface area contributed by atoms with Gasteiger partial charge in [0.05, 0.1) is 0 Å². The lowest BCUT2D eigenvalue weighted by molar-refractivity contribution is -0.141. The SMILES string of the molecule is CC(CO)CCCNc1cc(C(F)(F)F)nc(N)n1. The van der Waals surface area contributed by atoms with Crippen molar-refractivity contribution in [1.82, 2.24) is 9.97 Å². The molecule has 0 aromatic carbocycles. The number of aromatic nitrogens is 2. The molecule has 1 aromatic rings. The summed E-state index contributed by atoms with van der Waals surface area (Å²) in [6.07, 6.45) is -3.05. The van der Waals surface area contributed by atoms with Crippen molar-refractivity contribution in [2.45, 2.75) is 25.9 Å². The second kappa shape index (κ2) is 6.55. The summed E-state index contributed by atoms with van der Waals surface area (Å²) in [5.41, 5.74) is 4.17. The number of halogens is 3. The summed E-state index contributed by atoms with van der Waals surface area (Å²) in [7, 11) is 0. The lowest BCUT2D eigenvalue weighted by atomic mass is 10.1. The van der Waals surface area contributed by atoms with Crippen LogP contribution in [0.25, 0.3) is 0 Å². The first-order valence-electron chi connectivity index (χ1n) is 5.89. The predicted octanol–water partition coefficient (Wildman–Crippen LogP) is 1.90. The van der Waals surface area contributed by atoms with Gasteiger partial charge in [-0.3, -0.25) is 0 Å². The highest BCUT2D eigenvalue weighted by molar-refractivity contribution is 5.41. The highest BCUT2D eigenvalue weighted by Crippen LogP contribution is 2.29. The quantitative estimate of drug-likeness (QED) is 0.692. The standard InChI is InChI=1S/C11H17F3N4O/c1-7(6-19)3-2-4-16-9-5-8(11(12,13)14)17-10(15)18-9/h5,7,19H,2-4,6H2,1H3,(H3,15,16,17,18). The Bertz CT molecular complexity index is 411. The molecule has 0 aliphatic heterocycles. The Hall–Kier alpha value is -1.57. The Morgan fingerprint density at radius 3 is 2.68 bits per heavy atom. The first-order valence-corrected chi connectivity index (χ1v) is 5.89. The van der Waals surface area contributed by atoms with Gasteiger partial charge in [-0.25, -0.2) is 4.98 Å². The van der Waals surface area contributed by atoms with Gasteiger partial charge in [0, 0.05) is 19.2 Å². The van der Waals surface area contributed by atoms with E-state index in [1.54, 1.807) is 0 Å². The van der Waals surface area contributed by atoms with E-state index in [4.69, 9.17) is 10.8 Å². The Labute approximate surface area is 109 Å². The van der Waals surface area contributed by atoms with Crippen LogP contribution in [-0.2, 0) is 6.18 Å². The number of nitrogens with zero attached hydrogens (tertiary/aromatic N) is 2. The molecule has 0 bridgehead atoms. The molecule has 0 saturated heterocycles. The minimum absolute atomic E-state index is 0.0523. The maximum Gasteiger partial charge on any atom is 0.433 e. The number of aliphatic hydroxyl groups is 1. The van der Waals surface area contributed by atoms with Gasteiger partial charge in [0.15, 0.2) is 5.69 Å². The van der Waals surface area contributed by atoms with Gasteiger partial charge in [0.2, 0.25) is 5.95 Å². The molecule has 1 aromatic heterocycles. The van der Waals surface area contributed by atoms with Crippen LogP contribution in [0, 0.1) is 5.92 Å². The molecule has 0 radical (unpaired) electrons. The number of rotatable bonds is 6. The zero-order valence-corrected chi connectivity index (χ0v) is 10.5. The van der Waals surface area contributed by atoms with Crippen LogP contribution in [-0.4, -0.2) is 28.2 Å². The van der Waals surface area contributed by atoms with Crippen LogP contribution >= 0.6 is 0 Å². The van der Waals surface area contributed by atoms with Gasteiger partial charge >= 0.3 is 6.18 Å². The summed E-state index contributed by atoms with van der Waals surface area (Å²) in [4.78, 5) is 6.83. The molecule has 8 heteroatoms. The molecule has 0 aliphatic rings. The van der Waals surface area contributed by atoms with Crippen molar-refractivity contribution in [3.05, 3.63) is 11.8 Å². The molecule has 1 heterocycles. The molecular formula is C11H17F3N4O. The van der Waals surface area contributed by atoms with Crippen molar-refractivity contribution < 1.29 is 18.3 Å². The Kier molecular flexibility index (Phi) is 5.34. The van der Waals surface area contributed by atoms with Crippen molar-refractivity contribution in [1.29, 1.82) is 0 Å². The van der Waals surface area contributed by atoms with Crippen LogP contribution in [0.1, 0.15) is 25.5 Å². The van der Waals surface area contributed by atoms with E-state index in [0.29, 0.717) is 13.0 Å². The number of nitrogens with two attached hydrogens (primary N) is 1. The Morgan fingerprint density at radius 2 is 2.11 bits per heavy atom. The zero-order chi connectivity index (χ0) is 14.5. The number of anilines is 2. The van der Waals surface area contributed by atoms with E-state index in [2.05, 4.69) is 15.3 Å². The zero-order valence-electron chi connectivity index (χ0n) is 10.5. The smallest absolute Gasteiger partial charge is 0.396 e. The third-order valence-corrected chi connectivity index (χ3v) is 2.53. The molecule has 5 nitrogen and oxygen atoms in total. The van der Waals surface area contributed by atoms with Gasteiger partial charge in [0.25, 0.3) is 0 Å². The van der Waals surface area contributed by atoms with Crippen LogP contribution in [0.15, 0.2) is 6.07 Å². The first-order chi connectivity index (χ1) is 8.82. The van der Waals surface area contributed by atoms with Gasteiger partial charge in [-0.05, 0) is 18.8 Å². The van der Waals surface area contributed by atoms with Crippen LogP contribution in [0.5, 0.6) is 0 Å². The number of aliphatic hydroxyl groups excluding tert-OH is 1. The van der Waals surface area contributed by atoms with E-state index in [1.165, 1.54) is 0 Å². The summed E-state index contributed by atoms with van der Waals surface area (Å²) in [5.74, 6) is -0.194. The minimum Gasteiger partial charge on any atom is -0.396 e. The maximum absolute atomic E-state index is 12.5. The van der Waals surface area contributed by atoms with Gasteiger partial charge in [-0.15, -0.1) is 0 Å². The second-order valence-corrected chi connectivity index (χ2v) is 4.35. The fourth-order valence-corrected chi connectivity index (χ4v) is 1.46. The fraction of sp³-hybridized carbons (Fsp3) is 0.636. The molecule has 4 N–H and O–H groups in total. The topological polar surface area (TPSA) is 84.1 Å². The highest BCUT2D eigenvalue weighted by atomic mass is 19.4. The van der Waals surface area contributed by atoms with E-state index >= 15 is 0 Å². The van der Waals surface area contributed by atoms with Gasteiger partial charge in [-0.1, -0.05) is 6.92 Å². The van der Waals surface area contributed by atoms with Gasteiger partial charge in [0.1, 0.15) is 5.82 Å². The molecule has 0 amide bonds. The number of hydrogen-bond donors (Lipinski definition) is 3. The molecule has 0 spiro atoms. The van der Waals surface area contributed by atoms with Gasteiger partial charge in [-0.2, -0.15) is 18.2 Å². The average molecular weight is 278 g/mol. The third kappa shape index (κ3) is 5.29. The molecule has 0 aliphatic carbocycles. The molecule has 1 rings (SSSR count). The minimum atomic E-state index is -4.54. The lowest BCUT2D eigenvalue weighted by Gasteiger charge is -2.11. The second-order valence-electron chi connectivity index (χ2n) is 4.35. The number of nitrogens with one attached hydrogen (secondary N) is 1. The normalized spacial score (nSPS) is 13.3. The van der Waals surface area contributed by atoms with Crippen molar-refractivity contribution in [3.63, 3.8) is 0 Å². The summed E-state index contributed by atoms with van der Waals surface area (Å²) in [5, 5.41) is 11.6. The van der Waals surface area contributed by atoms with Crippen LogP contribution in [0.4, 0.5) is 24.9 Å². The molecule has 0 fully saturated rings. The lowest BCUT2D eigenvalue weighted by Crippen LogP contribution is -2.13. The van der Waals surface area contributed by atoms with Crippen LogP contribution in [0.3, 0.4) is 0 Å². The maximum atomic E-state index is 12.5. The van der Waals surface area contributed by atoms with E-state index in [-0.39, 0.29) is 18.3 Å². The number of nitrogen functional groups attached to an aromatic ring is 1. The molecule has 19 heavy (non-hydrogen) atoms. The van der Waals surface area contributed by atoms with Crippen molar-refractivity contribution >= 4 is 11.8 Å². The third-order valence-electron chi connectivity index (χ3n) is 2.53. The van der Waals surface area contributed by atoms with Crippen molar-refractivity contribution in [3.8, 4) is 0 Å². The first kappa shape index (κ1) is 15.5. The molecule has 1 atom stereocenters. The van der Waals surface area contributed by atoms with E-state index in [1.807, 2.05) is 6.92 Å².